The number of fused-ring (bicyclic) bond motifs is 1. The molecule has 1 atom stereocenters. The van der Waals surface area contributed by atoms with Gasteiger partial charge in [0.1, 0.15) is 6.04 Å². The van der Waals surface area contributed by atoms with Crippen molar-refractivity contribution in [1.29, 1.82) is 0 Å². The van der Waals surface area contributed by atoms with Crippen LogP contribution in [-0.4, -0.2) is 30.6 Å². The molecule has 1 amide bonds. The summed E-state index contributed by atoms with van der Waals surface area (Å²) in [5.41, 5.74) is 1.58. The number of aromatic nitrogens is 2. The molecule has 3 aromatic rings. The van der Waals surface area contributed by atoms with Gasteiger partial charge in [-0.15, -0.1) is 0 Å². The van der Waals surface area contributed by atoms with Gasteiger partial charge in [0.25, 0.3) is 0 Å². The van der Waals surface area contributed by atoms with Crippen molar-refractivity contribution in [3.63, 3.8) is 0 Å². The minimum absolute atomic E-state index is 0.128. The fourth-order valence-electron chi connectivity index (χ4n) is 2.76. The minimum Gasteiger partial charge on any atom is -0.349 e. The zero-order chi connectivity index (χ0) is 19.4. The Bertz CT molecular complexity index is 1030. The third-order valence-corrected chi connectivity index (χ3v) is 5.72. The van der Waals surface area contributed by atoms with Crippen molar-refractivity contribution in [2.75, 3.05) is 0 Å². The molecule has 0 radical (unpaired) electrons. The molecule has 1 heterocycles. The number of nitrogens with zero attached hydrogens (tertiary/aromatic N) is 1. The molecule has 0 saturated heterocycles. The van der Waals surface area contributed by atoms with Gasteiger partial charge in [-0.05, 0) is 24.1 Å². The van der Waals surface area contributed by atoms with Crippen molar-refractivity contribution in [3.05, 3.63) is 60.3 Å². The van der Waals surface area contributed by atoms with E-state index in [1.807, 2.05) is 24.3 Å². The molecule has 0 spiro atoms. The fourth-order valence-corrected chi connectivity index (χ4v) is 4.13. The van der Waals surface area contributed by atoms with Crippen molar-refractivity contribution in [2.24, 2.45) is 5.92 Å². The molecule has 27 heavy (non-hydrogen) atoms. The summed E-state index contributed by atoms with van der Waals surface area (Å²) >= 11 is 0. The van der Waals surface area contributed by atoms with E-state index >= 15 is 0 Å². The van der Waals surface area contributed by atoms with Gasteiger partial charge in [-0.25, -0.2) is 8.42 Å². The first kappa shape index (κ1) is 19.1. The predicted molar refractivity (Wildman–Crippen MR) is 103 cm³/mol. The van der Waals surface area contributed by atoms with Crippen molar-refractivity contribution in [3.8, 4) is 0 Å². The molecule has 8 heteroatoms. The van der Waals surface area contributed by atoms with E-state index in [9.17, 15) is 13.2 Å². The lowest BCUT2D eigenvalue weighted by Crippen LogP contribution is -2.49. The van der Waals surface area contributed by atoms with E-state index in [1.54, 1.807) is 32.0 Å². The maximum Gasteiger partial charge on any atom is 0.241 e. The molecule has 0 fully saturated rings. The lowest BCUT2D eigenvalue weighted by Gasteiger charge is -2.21. The highest BCUT2D eigenvalue weighted by atomic mass is 32.2. The summed E-state index contributed by atoms with van der Waals surface area (Å²) in [6.07, 6.45) is 0. The van der Waals surface area contributed by atoms with Gasteiger partial charge in [0.2, 0.25) is 15.9 Å². The number of rotatable bonds is 7. The standard InChI is InChI=1S/C19H22N4O3S/c1-13(2)18(23-27(25,26)14-8-4-3-5-9-14)19(24)20-12-17-15-10-6-7-11-16(15)21-22-17/h3-11,13,18,23H,12H2,1-2H3,(H,20,24)(H,21,22)/t18-/m1/s1. The number of amides is 1. The summed E-state index contributed by atoms with van der Waals surface area (Å²) in [5, 5.41) is 10.8. The number of aromatic amines is 1. The topological polar surface area (TPSA) is 104 Å². The van der Waals surface area contributed by atoms with Gasteiger partial charge in [-0.2, -0.15) is 9.82 Å². The number of para-hydroxylation sites is 1. The molecule has 0 aliphatic rings. The van der Waals surface area contributed by atoms with Gasteiger partial charge < -0.3 is 5.32 Å². The Morgan fingerprint density at radius 2 is 1.74 bits per heavy atom. The first-order chi connectivity index (χ1) is 12.9. The third kappa shape index (κ3) is 4.35. The SMILES string of the molecule is CC(C)[C@@H](NS(=O)(=O)c1ccccc1)C(=O)NCc1[nH]nc2ccccc12. The summed E-state index contributed by atoms with van der Waals surface area (Å²) in [6.45, 7) is 3.82. The van der Waals surface area contributed by atoms with E-state index in [1.165, 1.54) is 12.1 Å². The Kier molecular flexibility index (Phi) is 5.57. The molecule has 0 bridgehead atoms. The largest absolute Gasteiger partial charge is 0.349 e. The monoisotopic (exact) mass is 386 g/mol. The molecule has 142 valence electrons. The summed E-state index contributed by atoms with van der Waals surface area (Å²) in [5.74, 6) is -0.606. The number of sulfonamides is 1. The van der Waals surface area contributed by atoms with E-state index in [2.05, 4.69) is 20.2 Å². The Labute approximate surface area is 158 Å². The molecule has 7 nitrogen and oxygen atoms in total. The Morgan fingerprint density at radius 3 is 2.44 bits per heavy atom. The first-order valence-corrected chi connectivity index (χ1v) is 10.1. The van der Waals surface area contributed by atoms with Crippen LogP contribution in [0.3, 0.4) is 0 Å². The van der Waals surface area contributed by atoms with Gasteiger partial charge in [0, 0.05) is 5.39 Å². The number of nitrogens with one attached hydrogen (secondary N) is 3. The predicted octanol–water partition coefficient (Wildman–Crippen LogP) is 2.18. The van der Waals surface area contributed by atoms with Gasteiger partial charge in [0.05, 0.1) is 22.7 Å². The number of H-pyrrole nitrogens is 1. The summed E-state index contributed by atoms with van der Waals surface area (Å²) in [6, 6.07) is 14.7. The zero-order valence-corrected chi connectivity index (χ0v) is 16.0. The highest BCUT2D eigenvalue weighted by Gasteiger charge is 2.28. The quantitative estimate of drug-likeness (QED) is 0.579. The van der Waals surface area contributed by atoms with Gasteiger partial charge >= 0.3 is 0 Å². The summed E-state index contributed by atoms with van der Waals surface area (Å²) in [4.78, 5) is 12.8. The smallest absolute Gasteiger partial charge is 0.241 e. The van der Waals surface area contributed by atoms with Crippen LogP contribution in [0.15, 0.2) is 59.5 Å². The molecule has 0 unspecified atom stereocenters. The van der Waals surface area contributed by atoms with Crippen molar-refractivity contribution < 1.29 is 13.2 Å². The van der Waals surface area contributed by atoms with Crippen LogP contribution in [-0.2, 0) is 21.4 Å². The van der Waals surface area contributed by atoms with E-state index in [4.69, 9.17) is 0 Å². The number of benzene rings is 2. The molecule has 0 saturated carbocycles. The maximum atomic E-state index is 12.7. The molecule has 0 aliphatic carbocycles. The van der Waals surface area contributed by atoms with Crippen LogP contribution in [0.1, 0.15) is 19.5 Å². The van der Waals surface area contributed by atoms with Gasteiger partial charge in [0.15, 0.2) is 0 Å². The number of hydrogen-bond donors (Lipinski definition) is 3. The normalized spacial score (nSPS) is 13.0. The molecule has 1 aromatic heterocycles. The zero-order valence-electron chi connectivity index (χ0n) is 15.1. The van der Waals surface area contributed by atoms with E-state index in [0.29, 0.717) is 0 Å². The van der Waals surface area contributed by atoms with Gasteiger partial charge in [-0.3, -0.25) is 9.89 Å². The molecule has 3 N–H and O–H groups in total. The minimum atomic E-state index is -3.79. The lowest BCUT2D eigenvalue weighted by atomic mass is 10.0. The van der Waals surface area contributed by atoms with Crippen LogP contribution in [0.4, 0.5) is 0 Å². The van der Waals surface area contributed by atoms with E-state index in [-0.39, 0.29) is 23.3 Å². The van der Waals surface area contributed by atoms with E-state index in [0.717, 1.165) is 16.6 Å². The van der Waals surface area contributed by atoms with Crippen LogP contribution in [0.25, 0.3) is 10.9 Å². The van der Waals surface area contributed by atoms with Gasteiger partial charge in [-0.1, -0.05) is 50.2 Å². The Hall–Kier alpha value is -2.71. The average molecular weight is 386 g/mol. The second-order valence-electron chi connectivity index (χ2n) is 6.59. The average Bonchev–Trinajstić information content (AvgIpc) is 3.08. The van der Waals surface area contributed by atoms with Crippen LogP contribution in [0.5, 0.6) is 0 Å². The molecular formula is C19H22N4O3S. The van der Waals surface area contributed by atoms with Crippen molar-refractivity contribution in [2.45, 2.75) is 31.3 Å². The highest BCUT2D eigenvalue weighted by molar-refractivity contribution is 7.89. The van der Waals surface area contributed by atoms with Crippen LogP contribution >= 0.6 is 0 Å². The van der Waals surface area contributed by atoms with Crippen LogP contribution < -0.4 is 10.0 Å². The summed E-state index contributed by atoms with van der Waals surface area (Å²) in [7, 11) is -3.79. The number of hydrogen-bond acceptors (Lipinski definition) is 4. The third-order valence-electron chi connectivity index (χ3n) is 4.26. The van der Waals surface area contributed by atoms with Crippen molar-refractivity contribution >= 4 is 26.8 Å². The Morgan fingerprint density at radius 1 is 1.07 bits per heavy atom. The lowest BCUT2D eigenvalue weighted by molar-refractivity contribution is -0.123. The molecule has 3 rings (SSSR count). The number of carbonyl (C=O) groups excluding carboxylic acids is 1. The molecule has 0 aliphatic heterocycles. The second-order valence-corrected chi connectivity index (χ2v) is 8.31. The first-order valence-electron chi connectivity index (χ1n) is 8.65. The van der Waals surface area contributed by atoms with Crippen molar-refractivity contribution in [1.82, 2.24) is 20.2 Å². The van der Waals surface area contributed by atoms with Crippen LogP contribution in [0.2, 0.25) is 0 Å². The number of carbonyl (C=O) groups is 1. The Balaban J connectivity index is 1.72. The fraction of sp³-hybridized carbons (Fsp3) is 0.263. The van der Waals surface area contributed by atoms with Crippen LogP contribution in [0, 0.1) is 5.92 Å². The highest BCUT2D eigenvalue weighted by Crippen LogP contribution is 2.15. The van der Waals surface area contributed by atoms with E-state index < -0.39 is 16.1 Å². The molecule has 2 aromatic carbocycles. The second kappa shape index (κ2) is 7.89. The summed E-state index contributed by atoms with van der Waals surface area (Å²) < 4.78 is 27.6. The maximum absolute atomic E-state index is 12.7. The molecular weight excluding hydrogens is 364 g/mol.